The van der Waals surface area contributed by atoms with Crippen LogP contribution in [0, 0.1) is 13.8 Å². The molecule has 0 spiro atoms. The van der Waals surface area contributed by atoms with Crippen LogP contribution in [0.5, 0.6) is 0 Å². The average Bonchev–Trinajstić information content (AvgIpc) is 2.20. The van der Waals surface area contributed by atoms with Crippen LogP contribution in [-0.2, 0) is 11.2 Å². The molecule has 4 N–H and O–H groups in total. The number of nitrogens with one attached hydrogen (secondary N) is 2. The molecule has 1 aromatic carbocycles. The minimum atomic E-state index is -0.783. The lowest BCUT2D eigenvalue weighted by Crippen LogP contribution is -2.45. The maximum Gasteiger partial charge on any atom is 0.330 e. The molecule has 0 aromatic heterocycles. The van der Waals surface area contributed by atoms with Crippen molar-refractivity contribution in [1.82, 2.24) is 10.9 Å². The fourth-order valence-corrected chi connectivity index (χ4v) is 1.34. The van der Waals surface area contributed by atoms with Gasteiger partial charge in [0.25, 0.3) is 0 Å². The van der Waals surface area contributed by atoms with E-state index >= 15 is 0 Å². The van der Waals surface area contributed by atoms with E-state index in [9.17, 15) is 9.59 Å². The van der Waals surface area contributed by atoms with Gasteiger partial charge in [0, 0.05) is 0 Å². The van der Waals surface area contributed by atoms with Crippen molar-refractivity contribution >= 4 is 11.9 Å². The Hall–Kier alpha value is -2.04. The Bertz CT molecular complexity index is 416. The number of carbonyl (C=O) groups is 2. The Balaban J connectivity index is 2.62. The van der Waals surface area contributed by atoms with Crippen LogP contribution in [0.1, 0.15) is 16.7 Å². The number of rotatable bonds is 2. The zero-order valence-corrected chi connectivity index (χ0v) is 9.33. The number of carbonyl (C=O) groups excluding carboxylic acids is 2. The molecule has 0 aliphatic rings. The zero-order chi connectivity index (χ0) is 12.1. The zero-order valence-electron chi connectivity index (χ0n) is 9.33. The van der Waals surface area contributed by atoms with Crippen molar-refractivity contribution < 1.29 is 9.59 Å². The number of urea groups is 1. The minimum absolute atomic E-state index is 0.216. The SMILES string of the molecule is Cc1ccc(C)c(CC(=O)NNC(N)=O)c1. The van der Waals surface area contributed by atoms with Gasteiger partial charge in [0.05, 0.1) is 6.42 Å². The molecule has 16 heavy (non-hydrogen) atoms. The van der Waals surface area contributed by atoms with Crippen molar-refractivity contribution in [3.63, 3.8) is 0 Å². The summed E-state index contributed by atoms with van der Waals surface area (Å²) < 4.78 is 0. The van der Waals surface area contributed by atoms with E-state index in [4.69, 9.17) is 5.73 Å². The molecule has 0 fully saturated rings. The molecule has 5 heteroatoms. The fraction of sp³-hybridized carbons (Fsp3) is 0.273. The van der Waals surface area contributed by atoms with Gasteiger partial charge in [-0.05, 0) is 25.0 Å². The first kappa shape index (κ1) is 12.0. The Kier molecular flexibility index (Phi) is 3.88. The van der Waals surface area contributed by atoms with Crippen molar-refractivity contribution in [2.24, 2.45) is 5.73 Å². The lowest BCUT2D eigenvalue weighted by molar-refractivity contribution is -0.121. The van der Waals surface area contributed by atoms with Crippen molar-refractivity contribution in [1.29, 1.82) is 0 Å². The van der Waals surface area contributed by atoms with Crippen LogP contribution >= 0.6 is 0 Å². The summed E-state index contributed by atoms with van der Waals surface area (Å²) in [5, 5.41) is 0. The molecule has 0 heterocycles. The van der Waals surface area contributed by atoms with Gasteiger partial charge in [0.1, 0.15) is 0 Å². The van der Waals surface area contributed by atoms with Crippen molar-refractivity contribution in [2.75, 3.05) is 0 Å². The molecule has 5 nitrogen and oxygen atoms in total. The Morgan fingerprint density at radius 2 is 1.94 bits per heavy atom. The molecule has 1 rings (SSSR count). The minimum Gasteiger partial charge on any atom is -0.350 e. The average molecular weight is 221 g/mol. The summed E-state index contributed by atoms with van der Waals surface area (Å²) in [7, 11) is 0. The molecule has 0 saturated carbocycles. The first-order valence-corrected chi connectivity index (χ1v) is 4.89. The van der Waals surface area contributed by atoms with Gasteiger partial charge in [-0.2, -0.15) is 0 Å². The van der Waals surface area contributed by atoms with Crippen molar-refractivity contribution in [2.45, 2.75) is 20.3 Å². The van der Waals surface area contributed by atoms with Crippen LogP contribution in [0.2, 0.25) is 0 Å². The second kappa shape index (κ2) is 5.16. The highest BCUT2D eigenvalue weighted by molar-refractivity contribution is 5.82. The number of nitrogens with two attached hydrogens (primary N) is 1. The molecule has 0 saturated heterocycles. The summed E-state index contributed by atoms with van der Waals surface area (Å²) >= 11 is 0. The highest BCUT2D eigenvalue weighted by Crippen LogP contribution is 2.10. The number of hydrogen-bond donors (Lipinski definition) is 3. The van der Waals surface area contributed by atoms with Crippen LogP contribution in [0.15, 0.2) is 18.2 Å². The lowest BCUT2D eigenvalue weighted by Gasteiger charge is -2.08. The van der Waals surface area contributed by atoms with Gasteiger partial charge < -0.3 is 5.73 Å². The van der Waals surface area contributed by atoms with E-state index in [-0.39, 0.29) is 12.3 Å². The van der Waals surface area contributed by atoms with Gasteiger partial charge in [0.15, 0.2) is 0 Å². The predicted octanol–water partition coefficient (Wildman–Crippen LogP) is 0.545. The summed E-state index contributed by atoms with van der Waals surface area (Å²) in [5.74, 6) is -0.299. The van der Waals surface area contributed by atoms with Gasteiger partial charge in [0.2, 0.25) is 5.91 Å². The molecular weight excluding hydrogens is 206 g/mol. The monoisotopic (exact) mass is 221 g/mol. The quantitative estimate of drug-likeness (QED) is 0.637. The van der Waals surface area contributed by atoms with Gasteiger partial charge in [-0.3, -0.25) is 10.2 Å². The Morgan fingerprint density at radius 1 is 1.25 bits per heavy atom. The van der Waals surface area contributed by atoms with E-state index in [1.807, 2.05) is 37.5 Å². The summed E-state index contributed by atoms with van der Waals surface area (Å²) in [6.45, 7) is 3.89. The van der Waals surface area contributed by atoms with Gasteiger partial charge in [-0.15, -0.1) is 0 Å². The van der Waals surface area contributed by atoms with Gasteiger partial charge >= 0.3 is 6.03 Å². The normalized spacial score (nSPS) is 9.62. The second-order valence-electron chi connectivity index (χ2n) is 3.64. The number of hydrogen-bond acceptors (Lipinski definition) is 2. The van der Waals surface area contributed by atoms with Crippen LogP contribution in [0.25, 0.3) is 0 Å². The van der Waals surface area contributed by atoms with Crippen LogP contribution in [-0.4, -0.2) is 11.9 Å². The van der Waals surface area contributed by atoms with E-state index in [2.05, 4.69) is 5.43 Å². The van der Waals surface area contributed by atoms with E-state index in [1.54, 1.807) is 0 Å². The molecular formula is C11H15N3O2. The molecule has 1 aromatic rings. The topological polar surface area (TPSA) is 84.2 Å². The Morgan fingerprint density at radius 3 is 2.56 bits per heavy atom. The van der Waals surface area contributed by atoms with Crippen molar-refractivity contribution in [3.05, 3.63) is 34.9 Å². The molecule has 0 bridgehead atoms. The van der Waals surface area contributed by atoms with E-state index in [0.717, 1.165) is 16.7 Å². The number of amides is 3. The van der Waals surface area contributed by atoms with Crippen LogP contribution in [0.4, 0.5) is 4.79 Å². The molecule has 0 unspecified atom stereocenters. The van der Waals surface area contributed by atoms with Crippen LogP contribution in [0.3, 0.4) is 0 Å². The predicted molar refractivity (Wildman–Crippen MR) is 60.5 cm³/mol. The molecule has 0 atom stereocenters. The largest absolute Gasteiger partial charge is 0.350 e. The van der Waals surface area contributed by atoms with Gasteiger partial charge in [-0.25, -0.2) is 10.2 Å². The molecule has 0 aliphatic carbocycles. The third kappa shape index (κ3) is 3.61. The third-order valence-electron chi connectivity index (χ3n) is 2.18. The third-order valence-corrected chi connectivity index (χ3v) is 2.18. The standard InChI is InChI=1S/C11H15N3O2/c1-7-3-4-8(2)9(5-7)6-10(15)13-14-11(12)16/h3-5H,6H2,1-2H3,(H,13,15)(H3,12,14,16). The smallest absolute Gasteiger partial charge is 0.330 e. The lowest BCUT2D eigenvalue weighted by atomic mass is 10.0. The first-order chi connectivity index (χ1) is 7.49. The van der Waals surface area contributed by atoms with Crippen LogP contribution < -0.4 is 16.6 Å². The second-order valence-corrected chi connectivity index (χ2v) is 3.64. The number of benzene rings is 1. The maximum atomic E-state index is 11.4. The highest BCUT2D eigenvalue weighted by atomic mass is 16.2. The maximum absolute atomic E-state index is 11.4. The fourth-order valence-electron chi connectivity index (χ4n) is 1.34. The number of aryl methyl sites for hydroxylation is 2. The first-order valence-electron chi connectivity index (χ1n) is 4.89. The van der Waals surface area contributed by atoms with E-state index < -0.39 is 6.03 Å². The van der Waals surface area contributed by atoms with Crippen molar-refractivity contribution in [3.8, 4) is 0 Å². The molecule has 3 amide bonds. The number of hydrazine groups is 1. The molecule has 0 aliphatic heterocycles. The molecule has 86 valence electrons. The van der Waals surface area contributed by atoms with E-state index in [0.29, 0.717) is 0 Å². The van der Waals surface area contributed by atoms with Gasteiger partial charge in [-0.1, -0.05) is 23.8 Å². The summed E-state index contributed by atoms with van der Waals surface area (Å²) in [5.41, 5.74) is 12.1. The number of primary amides is 1. The Labute approximate surface area is 94.0 Å². The highest BCUT2D eigenvalue weighted by Gasteiger charge is 2.06. The summed E-state index contributed by atoms with van der Waals surface area (Å²) in [6.07, 6.45) is 0.216. The van der Waals surface area contributed by atoms with E-state index in [1.165, 1.54) is 0 Å². The summed E-state index contributed by atoms with van der Waals surface area (Å²) in [6, 6.07) is 5.10. The molecule has 0 radical (unpaired) electrons. The summed E-state index contributed by atoms with van der Waals surface area (Å²) in [4.78, 5) is 21.8.